The summed E-state index contributed by atoms with van der Waals surface area (Å²) in [6.07, 6.45) is 0. The number of hydrogen-bond donors (Lipinski definition) is 2. The number of nitrogens with one attached hydrogen (secondary N) is 2. The molecule has 32 heavy (non-hydrogen) atoms. The Kier molecular flexibility index (Phi) is 5.20. The molecule has 1 aliphatic heterocycles. The highest BCUT2D eigenvalue weighted by Gasteiger charge is 2.23. The molecule has 2 N–H and O–H groups in total. The predicted octanol–water partition coefficient (Wildman–Crippen LogP) is 2.89. The zero-order valence-corrected chi connectivity index (χ0v) is 17.8. The molecule has 0 spiro atoms. The summed E-state index contributed by atoms with van der Waals surface area (Å²) in [7, 11) is 3.36. The van der Waals surface area contributed by atoms with Gasteiger partial charge in [-0.3, -0.25) is 9.89 Å². The van der Waals surface area contributed by atoms with Crippen molar-refractivity contribution < 1.29 is 13.9 Å². The minimum atomic E-state index is -0.231. The maximum absolute atomic E-state index is 12.4. The van der Waals surface area contributed by atoms with Crippen LogP contribution in [-0.4, -0.2) is 71.4 Å². The van der Waals surface area contributed by atoms with E-state index >= 15 is 0 Å². The number of H-pyrrole nitrogens is 1. The molecule has 5 rings (SSSR count). The molecule has 4 heterocycles. The van der Waals surface area contributed by atoms with Crippen molar-refractivity contribution in [1.82, 2.24) is 25.1 Å². The summed E-state index contributed by atoms with van der Waals surface area (Å²) in [6.45, 7) is 2.53. The van der Waals surface area contributed by atoms with Gasteiger partial charge >= 0.3 is 0 Å². The normalized spacial score (nSPS) is 14.0. The van der Waals surface area contributed by atoms with Gasteiger partial charge in [-0.1, -0.05) is 30.3 Å². The van der Waals surface area contributed by atoms with E-state index in [0.717, 1.165) is 11.3 Å². The van der Waals surface area contributed by atoms with E-state index in [4.69, 9.17) is 14.1 Å². The zero-order chi connectivity index (χ0) is 22.1. The second kappa shape index (κ2) is 8.31. The minimum absolute atomic E-state index is 0.220. The lowest BCUT2D eigenvalue weighted by atomic mass is 10.2. The number of furan rings is 1. The lowest BCUT2D eigenvalue weighted by molar-refractivity contribution is 0.0799. The Labute approximate surface area is 184 Å². The summed E-state index contributed by atoms with van der Waals surface area (Å²) in [5.41, 5.74) is 2.94. The van der Waals surface area contributed by atoms with E-state index < -0.39 is 0 Å². The second-order valence-corrected chi connectivity index (χ2v) is 7.65. The molecule has 1 saturated heterocycles. The van der Waals surface area contributed by atoms with Crippen LogP contribution in [0.5, 0.6) is 0 Å². The monoisotopic (exact) mass is 433 g/mol. The second-order valence-electron chi connectivity index (χ2n) is 7.65. The Bertz CT molecular complexity index is 1240. The van der Waals surface area contributed by atoms with Gasteiger partial charge < -0.3 is 24.3 Å². The van der Waals surface area contributed by atoms with E-state index in [1.807, 2.05) is 36.4 Å². The lowest BCUT2D eigenvalue weighted by Gasteiger charge is -2.27. The maximum atomic E-state index is 12.4. The smallest absolute Gasteiger partial charge is 0.289 e. The number of carbonyl (C=O) groups is 1. The number of anilines is 3. The average molecular weight is 433 g/mol. The Balaban J connectivity index is 1.51. The Morgan fingerprint density at radius 1 is 1.12 bits per heavy atom. The van der Waals surface area contributed by atoms with Gasteiger partial charge in [-0.25, -0.2) is 4.98 Å². The van der Waals surface area contributed by atoms with Crippen LogP contribution in [0.3, 0.4) is 0 Å². The van der Waals surface area contributed by atoms with Crippen molar-refractivity contribution in [2.24, 2.45) is 0 Å². The average Bonchev–Trinajstić information content (AvgIpc) is 3.46. The topological polar surface area (TPSA) is 112 Å². The van der Waals surface area contributed by atoms with E-state index in [1.165, 1.54) is 4.90 Å². The van der Waals surface area contributed by atoms with Crippen LogP contribution < -0.4 is 10.2 Å². The molecule has 1 aliphatic rings. The molecule has 10 nitrogen and oxygen atoms in total. The summed E-state index contributed by atoms with van der Waals surface area (Å²) in [4.78, 5) is 25.2. The van der Waals surface area contributed by atoms with E-state index in [0.29, 0.717) is 55.0 Å². The Hall–Kier alpha value is -3.92. The molecule has 1 aromatic carbocycles. The molecule has 1 amide bonds. The summed E-state index contributed by atoms with van der Waals surface area (Å²) < 4.78 is 11.4. The van der Waals surface area contributed by atoms with Gasteiger partial charge in [0.05, 0.1) is 18.9 Å². The Morgan fingerprint density at radius 2 is 1.91 bits per heavy atom. The summed E-state index contributed by atoms with van der Waals surface area (Å²) in [6, 6.07) is 13.5. The van der Waals surface area contributed by atoms with Gasteiger partial charge in [0.1, 0.15) is 5.52 Å². The highest BCUT2D eigenvalue weighted by atomic mass is 16.5. The number of amides is 1. The number of benzene rings is 1. The third-order valence-corrected chi connectivity index (χ3v) is 5.18. The first-order chi connectivity index (χ1) is 15.6. The van der Waals surface area contributed by atoms with Gasteiger partial charge in [-0.05, 0) is 5.56 Å². The third-order valence-electron chi connectivity index (χ3n) is 5.18. The first kappa shape index (κ1) is 20.0. The van der Waals surface area contributed by atoms with Crippen LogP contribution in [0.2, 0.25) is 0 Å². The molecule has 10 heteroatoms. The van der Waals surface area contributed by atoms with Crippen molar-refractivity contribution in [1.29, 1.82) is 0 Å². The van der Waals surface area contributed by atoms with Gasteiger partial charge in [0.15, 0.2) is 23.0 Å². The van der Waals surface area contributed by atoms with Crippen molar-refractivity contribution >= 4 is 34.6 Å². The van der Waals surface area contributed by atoms with Crippen molar-refractivity contribution in [3.05, 3.63) is 48.2 Å². The first-order valence-corrected chi connectivity index (χ1v) is 10.3. The Morgan fingerprint density at radius 3 is 2.66 bits per heavy atom. The van der Waals surface area contributed by atoms with E-state index in [2.05, 4.69) is 25.4 Å². The standard InChI is InChI=1S/C22H23N7O3/c1-28(2)21(30)17-12-16-19(32-17)20(29-8-10-31-11-9-29)25-22(23-16)24-18-13-15(26-27-18)14-6-4-3-5-7-14/h3-7,12-13H,8-11H2,1-2H3,(H2,23,24,25,26,27). The van der Waals surface area contributed by atoms with E-state index in [1.54, 1.807) is 20.2 Å². The van der Waals surface area contributed by atoms with Crippen LogP contribution in [0.15, 0.2) is 46.9 Å². The summed E-state index contributed by atoms with van der Waals surface area (Å²) >= 11 is 0. The summed E-state index contributed by atoms with van der Waals surface area (Å²) in [5.74, 6) is 1.57. The van der Waals surface area contributed by atoms with Gasteiger partial charge in [-0.2, -0.15) is 10.1 Å². The highest BCUT2D eigenvalue weighted by Crippen LogP contribution is 2.30. The number of aromatic nitrogens is 4. The van der Waals surface area contributed by atoms with Crippen molar-refractivity contribution in [2.75, 3.05) is 50.6 Å². The van der Waals surface area contributed by atoms with Crippen LogP contribution in [0.4, 0.5) is 17.6 Å². The molecule has 0 atom stereocenters. The number of hydrogen-bond acceptors (Lipinski definition) is 8. The fraction of sp³-hybridized carbons (Fsp3) is 0.273. The maximum Gasteiger partial charge on any atom is 0.289 e. The van der Waals surface area contributed by atoms with Crippen LogP contribution in [0.25, 0.3) is 22.4 Å². The number of ether oxygens (including phenoxy) is 1. The summed E-state index contributed by atoms with van der Waals surface area (Å²) in [5, 5.41) is 10.5. The molecule has 0 unspecified atom stereocenters. The van der Waals surface area contributed by atoms with Gasteiger partial charge in [0.2, 0.25) is 5.95 Å². The largest absolute Gasteiger partial charge is 0.445 e. The van der Waals surface area contributed by atoms with Crippen LogP contribution in [0.1, 0.15) is 10.6 Å². The lowest BCUT2D eigenvalue weighted by Crippen LogP contribution is -2.37. The number of aromatic amines is 1. The van der Waals surface area contributed by atoms with Crippen LogP contribution in [-0.2, 0) is 4.74 Å². The fourth-order valence-corrected chi connectivity index (χ4v) is 3.55. The van der Waals surface area contributed by atoms with Gasteiger partial charge in [-0.15, -0.1) is 0 Å². The molecule has 0 radical (unpaired) electrons. The number of morpholine rings is 1. The number of nitrogens with zero attached hydrogens (tertiary/aromatic N) is 5. The molecular formula is C22H23N7O3. The van der Waals surface area contributed by atoms with E-state index in [9.17, 15) is 4.79 Å². The number of rotatable bonds is 5. The van der Waals surface area contributed by atoms with Crippen molar-refractivity contribution in [2.45, 2.75) is 0 Å². The van der Waals surface area contributed by atoms with Gasteiger partial charge in [0, 0.05) is 39.3 Å². The fourth-order valence-electron chi connectivity index (χ4n) is 3.55. The van der Waals surface area contributed by atoms with Gasteiger partial charge in [0.25, 0.3) is 5.91 Å². The van der Waals surface area contributed by atoms with Crippen molar-refractivity contribution in [3.63, 3.8) is 0 Å². The molecule has 4 aromatic rings. The number of carbonyl (C=O) groups excluding carboxylic acids is 1. The quantitative estimate of drug-likeness (QED) is 0.494. The molecule has 0 bridgehead atoms. The minimum Gasteiger partial charge on any atom is -0.445 e. The molecule has 3 aromatic heterocycles. The highest BCUT2D eigenvalue weighted by molar-refractivity contribution is 5.97. The molecule has 0 aliphatic carbocycles. The molecular weight excluding hydrogens is 410 g/mol. The molecule has 164 valence electrons. The van der Waals surface area contributed by atoms with Crippen LogP contribution >= 0.6 is 0 Å². The first-order valence-electron chi connectivity index (χ1n) is 10.3. The number of fused-ring (bicyclic) bond motifs is 1. The molecule has 1 fully saturated rings. The SMILES string of the molecule is CN(C)C(=O)c1cc2nc(Nc3cc(-c4ccccc4)[nH]n3)nc(N3CCOCC3)c2o1. The van der Waals surface area contributed by atoms with E-state index in [-0.39, 0.29) is 11.7 Å². The van der Waals surface area contributed by atoms with Crippen LogP contribution in [0, 0.1) is 0 Å². The zero-order valence-electron chi connectivity index (χ0n) is 17.8. The third kappa shape index (κ3) is 3.87. The predicted molar refractivity (Wildman–Crippen MR) is 120 cm³/mol. The van der Waals surface area contributed by atoms with Crippen molar-refractivity contribution in [3.8, 4) is 11.3 Å². The molecule has 0 saturated carbocycles.